The van der Waals surface area contributed by atoms with Crippen LogP contribution in [-0.2, 0) is 15.1 Å². The van der Waals surface area contributed by atoms with Crippen molar-refractivity contribution in [3.63, 3.8) is 0 Å². The van der Waals surface area contributed by atoms with Gasteiger partial charge in [0, 0.05) is 37.8 Å². The molecule has 0 aromatic carbocycles. The molecule has 9 nitrogen and oxygen atoms in total. The van der Waals surface area contributed by atoms with Crippen molar-refractivity contribution >= 4 is 34.4 Å². The minimum Gasteiger partial charge on any atom is -0.444 e. The second kappa shape index (κ2) is 9.57. The maximum absolute atomic E-state index is 15.4. The zero-order chi connectivity index (χ0) is 28.7. The van der Waals surface area contributed by atoms with Crippen LogP contribution in [0.15, 0.2) is 6.20 Å². The lowest BCUT2D eigenvalue weighted by atomic mass is 9.94. The third-order valence-electron chi connectivity index (χ3n) is 9.50. The summed E-state index contributed by atoms with van der Waals surface area (Å²) in [6.07, 6.45) is 5.96. The molecule has 0 spiro atoms. The van der Waals surface area contributed by atoms with E-state index in [9.17, 15) is 9.18 Å². The van der Waals surface area contributed by atoms with E-state index in [-0.39, 0.29) is 34.4 Å². The van der Waals surface area contributed by atoms with Crippen molar-refractivity contribution in [1.29, 1.82) is 0 Å². The van der Waals surface area contributed by atoms with Gasteiger partial charge in [0.1, 0.15) is 28.7 Å². The summed E-state index contributed by atoms with van der Waals surface area (Å²) in [5, 5.41) is 0.238. The number of carbonyl (C=O) groups excluding carboxylic acids is 1. The number of hydrogen-bond acceptors (Lipinski definition) is 8. The highest BCUT2D eigenvalue weighted by molar-refractivity contribution is 6.30. The largest absolute Gasteiger partial charge is 0.444 e. The summed E-state index contributed by atoms with van der Waals surface area (Å²) in [4.78, 5) is 33.0. The lowest BCUT2D eigenvalue weighted by Crippen LogP contribution is -2.57. The van der Waals surface area contributed by atoms with Crippen molar-refractivity contribution in [2.24, 2.45) is 0 Å². The van der Waals surface area contributed by atoms with Crippen LogP contribution in [0, 0.1) is 5.82 Å². The van der Waals surface area contributed by atoms with E-state index < -0.39 is 23.2 Å². The zero-order valence-corrected chi connectivity index (χ0v) is 24.6. The van der Waals surface area contributed by atoms with Crippen LogP contribution >= 0.6 is 11.6 Å². The van der Waals surface area contributed by atoms with Crippen LogP contribution in [0.5, 0.6) is 0 Å². The number of piperazine rings is 1. The highest BCUT2D eigenvalue weighted by Crippen LogP contribution is 2.51. The quantitative estimate of drug-likeness (QED) is 0.451. The van der Waals surface area contributed by atoms with Gasteiger partial charge in [-0.1, -0.05) is 11.6 Å². The smallest absolute Gasteiger partial charge is 0.410 e. The van der Waals surface area contributed by atoms with Crippen LogP contribution in [0.4, 0.5) is 19.4 Å². The van der Waals surface area contributed by atoms with Gasteiger partial charge in [0.2, 0.25) is 0 Å². The first-order valence-electron chi connectivity index (χ1n) is 14.8. The number of alkyl halides is 1. The molecular formula is C29H37ClF2N6O3. The van der Waals surface area contributed by atoms with Crippen LogP contribution in [0.3, 0.4) is 0 Å². The van der Waals surface area contributed by atoms with Crippen molar-refractivity contribution in [1.82, 2.24) is 24.8 Å². The molecule has 222 valence electrons. The molecule has 1 amide bonds. The number of ether oxygens (including phenoxy) is 2. The number of fused-ring (bicyclic) bond motifs is 4. The number of nitrogens with zero attached hydrogens (tertiary/aromatic N) is 6. The highest BCUT2D eigenvalue weighted by Gasteiger charge is 2.55. The molecule has 1 aliphatic carbocycles. The standard InChI is InChI=1S/C29H37ClF2N6O3/c1-27(2,3)41-26(39)38-18-5-6-19(38)15-36(14-18)24-20-12-33-23(30)21(32)22(20)34-25(35-24)29(8-9-29)40-16-28-7-4-10-37(28)13-17(31)11-28/h12,17-19H,4-11,13-16H2,1-3H3/t17-,18?,19?,28+/m1/s1. The summed E-state index contributed by atoms with van der Waals surface area (Å²) in [7, 11) is 0. The van der Waals surface area contributed by atoms with Crippen molar-refractivity contribution < 1.29 is 23.0 Å². The summed E-state index contributed by atoms with van der Waals surface area (Å²) in [5.41, 5.74) is -1.48. The molecule has 1 saturated carbocycles. The molecule has 2 bridgehead atoms. The number of anilines is 1. The molecule has 12 heteroatoms. The molecule has 0 radical (unpaired) electrons. The minimum atomic E-state index is -0.837. The van der Waals surface area contributed by atoms with Crippen molar-refractivity contribution in [3.8, 4) is 0 Å². The molecule has 2 aromatic heterocycles. The van der Waals surface area contributed by atoms with Gasteiger partial charge in [0.25, 0.3) is 0 Å². The fourth-order valence-corrected chi connectivity index (χ4v) is 7.56. The molecular weight excluding hydrogens is 554 g/mol. The molecule has 5 fully saturated rings. The van der Waals surface area contributed by atoms with Gasteiger partial charge in [-0.25, -0.2) is 28.5 Å². The van der Waals surface area contributed by atoms with Crippen LogP contribution in [0.2, 0.25) is 5.15 Å². The average Bonchev–Trinajstić information content (AvgIpc) is 3.41. The van der Waals surface area contributed by atoms with E-state index in [2.05, 4.69) is 19.8 Å². The molecule has 7 rings (SSSR count). The monoisotopic (exact) mass is 590 g/mol. The molecule has 2 unspecified atom stereocenters. The molecule has 4 atom stereocenters. The van der Waals surface area contributed by atoms with Crippen LogP contribution in [-0.4, -0.2) is 93.0 Å². The van der Waals surface area contributed by atoms with E-state index in [0.29, 0.717) is 62.5 Å². The molecule has 4 saturated heterocycles. The Morgan fingerprint density at radius 2 is 1.88 bits per heavy atom. The predicted octanol–water partition coefficient (Wildman–Crippen LogP) is 4.99. The Morgan fingerprint density at radius 1 is 1.15 bits per heavy atom. The topological polar surface area (TPSA) is 83.9 Å². The van der Waals surface area contributed by atoms with Gasteiger partial charge in [-0.3, -0.25) is 9.80 Å². The van der Waals surface area contributed by atoms with Gasteiger partial charge < -0.3 is 14.4 Å². The van der Waals surface area contributed by atoms with Gasteiger partial charge in [0.05, 0.1) is 24.1 Å². The Labute approximate surface area is 243 Å². The molecule has 2 aromatic rings. The average molecular weight is 591 g/mol. The fraction of sp³-hybridized carbons (Fsp3) is 0.724. The third-order valence-corrected chi connectivity index (χ3v) is 9.76. The first-order valence-corrected chi connectivity index (χ1v) is 15.2. The maximum Gasteiger partial charge on any atom is 0.410 e. The number of pyridine rings is 1. The number of carbonyl (C=O) groups is 1. The first kappa shape index (κ1) is 27.5. The second-order valence-corrected chi connectivity index (χ2v) is 13.9. The first-order chi connectivity index (χ1) is 19.5. The Kier molecular flexibility index (Phi) is 6.41. The van der Waals surface area contributed by atoms with E-state index in [1.165, 1.54) is 6.20 Å². The van der Waals surface area contributed by atoms with E-state index in [1.807, 2.05) is 25.7 Å². The SMILES string of the molecule is CC(C)(C)OC(=O)N1C2CCC1CN(c1nc(C3(OC[C@@]45CCCN4C[C@H](F)C5)CC3)nc3c(F)c(Cl)ncc13)C2. The molecule has 6 heterocycles. The van der Waals surface area contributed by atoms with Gasteiger partial charge in [0.15, 0.2) is 16.8 Å². The Bertz CT molecular complexity index is 1370. The van der Waals surface area contributed by atoms with Crippen LogP contribution < -0.4 is 4.90 Å². The summed E-state index contributed by atoms with van der Waals surface area (Å²) in [5.74, 6) is 0.324. The Hall–Kier alpha value is -2.37. The van der Waals surface area contributed by atoms with Gasteiger partial charge in [-0.05, 0) is 65.8 Å². The number of halogens is 3. The number of aromatic nitrogens is 3. The maximum atomic E-state index is 15.4. The highest BCUT2D eigenvalue weighted by atomic mass is 35.5. The summed E-state index contributed by atoms with van der Waals surface area (Å²) < 4.78 is 42.1. The predicted molar refractivity (Wildman–Crippen MR) is 149 cm³/mol. The number of amides is 1. The van der Waals surface area contributed by atoms with Crippen LogP contribution in [0.25, 0.3) is 10.9 Å². The van der Waals surface area contributed by atoms with Gasteiger partial charge in [-0.15, -0.1) is 0 Å². The van der Waals surface area contributed by atoms with Crippen molar-refractivity contribution in [3.05, 3.63) is 23.0 Å². The van der Waals surface area contributed by atoms with E-state index in [0.717, 1.165) is 32.2 Å². The Balaban J connectivity index is 1.20. The summed E-state index contributed by atoms with van der Waals surface area (Å²) >= 11 is 6.10. The molecule has 0 N–H and O–H groups in total. The second-order valence-electron chi connectivity index (χ2n) is 13.5. The molecule has 5 aliphatic rings. The van der Waals surface area contributed by atoms with Crippen molar-refractivity contribution in [2.75, 3.05) is 37.7 Å². The lowest BCUT2D eigenvalue weighted by molar-refractivity contribution is -0.0341. The van der Waals surface area contributed by atoms with Crippen LogP contribution in [0.1, 0.15) is 71.5 Å². The normalized spacial score (nSPS) is 30.7. The number of hydrogen-bond donors (Lipinski definition) is 0. The third kappa shape index (κ3) is 4.72. The zero-order valence-electron chi connectivity index (χ0n) is 23.8. The fourth-order valence-electron chi connectivity index (χ4n) is 7.42. The minimum absolute atomic E-state index is 0.0447. The number of rotatable bonds is 5. The lowest BCUT2D eigenvalue weighted by Gasteiger charge is -2.42. The summed E-state index contributed by atoms with van der Waals surface area (Å²) in [6.45, 7) is 8.43. The van der Waals surface area contributed by atoms with E-state index in [4.69, 9.17) is 26.1 Å². The summed E-state index contributed by atoms with van der Waals surface area (Å²) in [6, 6.07) is -0.0893. The Morgan fingerprint density at radius 3 is 2.56 bits per heavy atom. The molecule has 4 aliphatic heterocycles. The van der Waals surface area contributed by atoms with E-state index in [1.54, 1.807) is 0 Å². The van der Waals surface area contributed by atoms with Gasteiger partial charge >= 0.3 is 6.09 Å². The van der Waals surface area contributed by atoms with Crippen molar-refractivity contribution in [2.45, 2.75) is 101 Å². The van der Waals surface area contributed by atoms with Gasteiger partial charge in [-0.2, -0.15) is 0 Å². The molecule has 41 heavy (non-hydrogen) atoms. The van der Waals surface area contributed by atoms with E-state index >= 15 is 4.39 Å².